The second-order valence-electron chi connectivity index (χ2n) is 5.60. The zero-order chi connectivity index (χ0) is 16.9. The monoisotopic (exact) mass is 367 g/mol. The summed E-state index contributed by atoms with van der Waals surface area (Å²) in [5, 5.41) is 15.6. The van der Waals surface area contributed by atoms with E-state index in [2.05, 4.69) is 20.8 Å². The van der Waals surface area contributed by atoms with E-state index in [0.29, 0.717) is 22.4 Å². The molecule has 1 N–H and O–H groups in total. The minimum atomic E-state index is -0.155. The summed E-state index contributed by atoms with van der Waals surface area (Å²) in [5.41, 5.74) is 1.65. The second kappa shape index (κ2) is 7.96. The fourth-order valence-corrected chi connectivity index (χ4v) is 3.40. The van der Waals surface area contributed by atoms with Gasteiger partial charge in [0.05, 0.1) is 29.1 Å². The van der Waals surface area contributed by atoms with Crippen LogP contribution < -0.4 is 5.32 Å². The Labute approximate surface area is 149 Å². The van der Waals surface area contributed by atoms with Gasteiger partial charge in [-0.3, -0.25) is 4.79 Å². The van der Waals surface area contributed by atoms with E-state index in [-0.39, 0.29) is 17.8 Å². The number of benzene rings is 1. The van der Waals surface area contributed by atoms with Crippen LogP contribution in [0.4, 0.5) is 5.69 Å². The molecule has 1 atom stereocenters. The van der Waals surface area contributed by atoms with Crippen LogP contribution in [0.5, 0.6) is 0 Å². The Balaban J connectivity index is 1.53. The van der Waals surface area contributed by atoms with Crippen molar-refractivity contribution in [2.24, 2.45) is 0 Å². The molecule has 1 aliphatic rings. The Morgan fingerprint density at radius 1 is 1.54 bits per heavy atom. The molecule has 1 aromatic carbocycles. The van der Waals surface area contributed by atoms with Crippen molar-refractivity contribution < 1.29 is 9.53 Å². The number of amides is 1. The first-order valence-electron chi connectivity index (χ1n) is 7.68. The highest BCUT2D eigenvalue weighted by Crippen LogP contribution is 2.23. The molecule has 0 aliphatic carbocycles. The van der Waals surface area contributed by atoms with Gasteiger partial charge in [0.1, 0.15) is 0 Å². The van der Waals surface area contributed by atoms with E-state index in [1.54, 1.807) is 10.7 Å². The standard InChI is InChI=1S/C15H18ClN5O2S/c1-10-4-5-13(12(16)7-10)17-14(22)9-24-15-18-19-20-21(15)8-11-3-2-6-23-11/h4-5,7,11H,2-3,6,8-9H2,1H3,(H,17,22). The predicted molar refractivity (Wildman–Crippen MR) is 92.3 cm³/mol. The minimum absolute atomic E-state index is 0.146. The molecule has 0 spiro atoms. The van der Waals surface area contributed by atoms with Gasteiger partial charge in [0.15, 0.2) is 0 Å². The molecule has 1 aromatic heterocycles. The molecule has 7 nitrogen and oxygen atoms in total. The van der Waals surface area contributed by atoms with Gasteiger partial charge < -0.3 is 10.1 Å². The lowest BCUT2D eigenvalue weighted by molar-refractivity contribution is -0.113. The maximum absolute atomic E-state index is 12.1. The summed E-state index contributed by atoms with van der Waals surface area (Å²) in [5.74, 6) is 0.0493. The number of ether oxygens (including phenoxy) is 1. The highest BCUT2D eigenvalue weighted by atomic mass is 35.5. The van der Waals surface area contributed by atoms with E-state index in [9.17, 15) is 4.79 Å². The molecule has 128 valence electrons. The number of carbonyl (C=O) groups is 1. The van der Waals surface area contributed by atoms with Crippen LogP contribution in [0.3, 0.4) is 0 Å². The number of halogens is 1. The fraction of sp³-hybridized carbons (Fsp3) is 0.467. The van der Waals surface area contributed by atoms with Crippen LogP contribution in [0.2, 0.25) is 5.02 Å². The molecule has 1 amide bonds. The molecular formula is C15H18ClN5O2S. The number of thioether (sulfide) groups is 1. The molecule has 1 aliphatic heterocycles. The molecule has 1 fully saturated rings. The van der Waals surface area contributed by atoms with Crippen molar-refractivity contribution in [2.75, 3.05) is 17.7 Å². The van der Waals surface area contributed by atoms with Gasteiger partial charge in [0.25, 0.3) is 0 Å². The van der Waals surface area contributed by atoms with Crippen LogP contribution in [0, 0.1) is 6.92 Å². The molecule has 0 saturated carbocycles. The Kier molecular flexibility index (Phi) is 5.70. The highest BCUT2D eigenvalue weighted by Gasteiger charge is 2.19. The summed E-state index contributed by atoms with van der Waals surface area (Å²) < 4.78 is 7.28. The van der Waals surface area contributed by atoms with Gasteiger partial charge in [-0.05, 0) is 47.9 Å². The Hall–Kier alpha value is -1.64. The van der Waals surface area contributed by atoms with Crippen LogP contribution >= 0.6 is 23.4 Å². The molecule has 3 rings (SSSR count). The number of aryl methyl sites for hydroxylation is 1. The topological polar surface area (TPSA) is 81.9 Å². The van der Waals surface area contributed by atoms with E-state index in [4.69, 9.17) is 16.3 Å². The van der Waals surface area contributed by atoms with Crippen molar-refractivity contribution >= 4 is 35.0 Å². The summed E-state index contributed by atoms with van der Waals surface area (Å²) in [6, 6.07) is 5.50. The number of rotatable bonds is 6. The normalized spacial score (nSPS) is 17.2. The first kappa shape index (κ1) is 17.2. The number of nitrogens with one attached hydrogen (secondary N) is 1. The van der Waals surface area contributed by atoms with Crippen molar-refractivity contribution in [3.05, 3.63) is 28.8 Å². The van der Waals surface area contributed by atoms with Crippen molar-refractivity contribution in [1.29, 1.82) is 0 Å². The Morgan fingerprint density at radius 2 is 2.42 bits per heavy atom. The van der Waals surface area contributed by atoms with E-state index in [1.807, 2.05) is 19.1 Å². The van der Waals surface area contributed by atoms with Crippen LogP contribution in [0.1, 0.15) is 18.4 Å². The molecule has 0 bridgehead atoms. The Bertz CT molecular complexity index is 718. The van der Waals surface area contributed by atoms with Crippen molar-refractivity contribution in [3.63, 3.8) is 0 Å². The van der Waals surface area contributed by atoms with Gasteiger partial charge in [-0.25, -0.2) is 4.68 Å². The number of hydrogen-bond acceptors (Lipinski definition) is 6. The largest absolute Gasteiger partial charge is 0.376 e. The van der Waals surface area contributed by atoms with Gasteiger partial charge >= 0.3 is 0 Å². The Morgan fingerprint density at radius 3 is 3.17 bits per heavy atom. The van der Waals surface area contributed by atoms with E-state index >= 15 is 0 Å². The maximum atomic E-state index is 12.1. The molecule has 1 unspecified atom stereocenters. The average molecular weight is 368 g/mol. The van der Waals surface area contributed by atoms with Crippen LogP contribution in [0.15, 0.2) is 23.4 Å². The number of nitrogens with zero attached hydrogens (tertiary/aromatic N) is 4. The second-order valence-corrected chi connectivity index (χ2v) is 6.95. The van der Waals surface area contributed by atoms with E-state index in [1.165, 1.54) is 11.8 Å². The summed E-state index contributed by atoms with van der Waals surface area (Å²) in [4.78, 5) is 12.1. The third-order valence-corrected chi connectivity index (χ3v) is 4.90. The number of aromatic nitrogens is 4. The number of tetrazole rings is 1. The van der Waals surface area contributed by atoms with Crippen molar-refractivity contribution in [3.8, 4) is 0 Å². The third kappa shape index (κ3) is 4.46. The zero-order valence-electron chi connectivity index (χ0n) is 13.2. The molecule has 2 heterocycles. The first-order valence-corrected chi connectivity index (χ1v) is 9.05. The van der Waals surface area contributed by atoms with Gasteiger partial charge in [-0.2, -0.15) is 0 Å². The smallest absolute Gasteiger partial charge is 0.234 e. The van der Waals surface area contributed by atoms with Gasteiger partial charge in [-0.15, -0.1) is 5.10 Å². The summed E-state index contributed by atoms with van der Waals surface area (Å²) in [6.45, 7) is 3.34. The fourth-order valence-electron chi connectivity index (χ4n) is 2.43. The lowest BCUT2D eigenvalue weighted by Gasteiger charge is -2.10. The molecule has 1 saturated heterocycles. The van der Waals surface area contributed by atoms with Crippen LogP contribution in [-0.2, 0) is 16.1 Å². The predicted octanol–water partition coefficient (Wildman–Crippen LogP) is 2.54. The molecule has 0 radical (unpaired) electrons. The first-order chi connectivity index (χ1) is 11.6. The maximum Gasteiger partial charge on any atom is 0.234 e. The third-order valence-electron chi connectivity index (χ3n) is 3.63. The summed E-state index contributed by atoms with van der Waals surface area (Å²) in [6.07, 6.45) is 2.22. The van der Waals surface area contributed by atoms with E-state index in [0.717, 1.165) is 25.0 Å². The van der Waals surface area contributed by atoms with Gasteiger partial charge in [0, 0.05) is 6.61 Å². The summed E-state index contributed by atoms with van der Waals surface area (Å²) in [7, 11) is 0. The lowest BCUT2D eigenvalue weighted by atomic mass is 10.2. The van der Waals surface area contributed by atoms with E-state index < -0.39 is 0 Å². The molecule has 2 aromatic rings. The molecule has 9 heteroatoms. The minimum Gasteiger partial charge on any atom is -0.376 e. The number of carbonyl (C=O) groups excluding carboxylic acids is 1. The van der Waals surface area contributed by atoms with Crippen molar-refractivity contribution in [2.45, 2.75) is 37.6 Å². The SMILES string of the molecule is Cc1ccc(NC(=O)CSc2nnnn2CC2CCCO2)c(Cl)c1. The lowest BCUT2D eigenvalue weighted by Crippen LogP contribution is -2.18. The average Bonchev–Trinajstić information content (AvgIpc) is 3.20. The quantitative estimate of drug-likeness (QED) is 0.790. The van der Waals surface area contributed by atoms with Crippen LogP contribution in [-0.4, -0.2) is 44.6 Å². The van der Waals surface area contributed by atoms with Gasteiger partial charge in [0.2, 0.25) is 11.1 Å². The van der Waals surface area contributed by atoms with Crippen molar-refractivity contribution in [1.82, 2.24) is 20.2 Å². The number of hydrogen-bond donors (Lipinski definition) is 1. The number of anilines is 1. The molecule has 24 heavy (non-hydrogen) atoms. The van der Waals surface area contributed by atoms with Gasteiger partial charge in [-0.1, -0.05) is 29.4 Å². The van der Waals surface area contributed by atoms with Crippen LogP contribution in [0.25, 0.3) is 0 Å². The molecular weight excluding hydrogens is 350 g/mol. The zero-order valence-corrected chi connectivity index (χ0v) is 14.8. The highest BCUT2D eigenvalue weighted by molar-refractivity contribution is 7.99. The summed E-state index contributed by atoms with van der Waals surface area (Å²) >= 11 is 7.41.